The van der Waals surface area contributed by atoms with Gasteiger partial charge in [0.1, 0.15) is 11.3 Å². The van der Waals surface area contributed by atoms with E-state index in [4.69, 9.17) is 10.4 Å². The van der Waals surface area contributed by atoms with Crippen LogP contribution in [0.3, 0.4) is 0 Å². The maximum Gasteiger partial charge on any atom is 0.339 e. The number of anilines is 1. The van der Waals surface area contributed by atoms with E-state index < -0.39 is 5.97 Å². The summed E-state index contributed by atoms with van der Waals surface area (Å²) in [5, 5.41) is 29.7. The topological polar surface area (TPSA) is 110 Å². The smallest absolute Gasteiger partial charge is 0.339 e. The Morgan fingerprint density at radius 1 is 1.17 bits per heavy atom. The highest BCUT2D eigenvalue weighted by Crippen LogP contribution is 2.22. The van der Waals surface area contributed by atoms with Crippen LogP contribution in [-0.4, -0.2) is 27.8 Å². The highest BCUT2D eigenvalue weighted by Gasteiger charge is 2.11. The Hall–Kier alpha value is -2.98. The molecular formula is C17H14N2O4S. The summed E-state index contributed by atoms with van der Waals surface area (Å²) in [6.07, 6.45) is 0. The number of aromatic carboxylic acids is 1. The Bertz CT molecular complexity index is 797. The predicted molar refractivity (Wildman–Crippen MR) is 91.0 cm³/mol. The number of hydrogen-bond acceptors (Lipinski definition) is 5. The van der Waals surface area contributed by atoms with Crippen molar-refractivity contribution in [2.45, 2.75) is 5.75 Å². The summed E-state index contributed by atoms with van der Waals surface area (Å²) in [5.41, 5.74) is 1.64. The number of nitrogens with zero attached hydrogens (tertiary/aromatic N) is 1. The van der Waals surface area contributed by atoms with Crippen LogP contribution < -0.4 is 5.32 Å². The molecule has 122 valence electrons. The molecule has 0 spiro atoms. The van der Waals surface area contributed by atoms with E-state index >= 15 is 0 Å². The molecule has 0 unspecified atom stereocenters. The van der Waals surface area contributed by atoms with Crippen LogP contribution in [0.25, 0.3) is 0 Å². The number of nitriles is 1. The van der Waals surface area contributed by atoms with Gasteiger partial charge in [0.25, 0.3) is 0 Å². The Balaban J connectivity index is 1.86. The molecule has 2 aromatic carbocycles. The molecule has 0 heterocycles. The van der Waals surface area contributed by atoms with Crippen molar-refractivity contribution in [3.63, 3.8) is 0 Å². The van der Waals surface area contributed by atoms with Crippen molar-refractivity contribution in [3.05, 3.63) is 59.2 Å². The lowest BCUT2D eigenvalue weighted by Gasteiger charge is -2.07. The second kappa shape index (κ2) is 8.04. The minimum atomic E-state index is -1.27. The molecule has 6 nitrogen and oxygen atoms in total. The van der Waals surface area contributed by atoms with Gasteiger partial charge in [-0.3, -0.25) is 4.79 Å². The van der Waals surface area contributed by atoms with Crippen molar-refractivity contribution in [3.8, 4) is 11.8 Å². The molecule has 0 bridgehead atoms. The van der Waals surface area contributed by atoms with Crippen LogP contribution in [0, 0.1) is 11.3 Å². The van der Waals surface area contributed by atoms with Crippen LogP contribution in [0.1, 0.15) is 21.5 Å². The minimum Gasteiger partial charge on any atom is -0.507 e. The van der Waals surface area contributed by atoms with Crippen molar-refractivity contribution in [2.24, 2.45) is 0 Å². The predicted octanol–water partition coefficient (Wildman–Crippen LogP) is 2.83. The highest BCUT2D eigenvalue weighted by molar-refractivity contribution is 7.99. The van der Waals surface area contributed by atoms with Crippen LogP contribution in [0.15, 0.2) is 42.5 Å². The van der Waals surface area contributed by atoms with Gasteiger partial charge in [-0.1, -0.05) is 12.1 Å². The Kier molecular flexibility index (Phi) is 5.82. The first-order chi connectivity index (χ1) is 11.5. The molecule has 0 aromatic heterocycles. The third-order valence-corrected chi connectivity index (χ3v) is 4.10. The normalized spacial score (nSPS) is 9.96. The highest BCUT2D eigenvalue weighted by atomic mass is 32.2. The third-order valence-electron chi connectivity index (χ3n) is 3.10. The summed E-state index contributed by atoms with van der Waals surface area (Å²) in [5.74, 6) is -1.07. The standard InChI is InChI=1S/C17H14N2O4S/c18-8-11-1-3-12(4-2-11)9-24-10-16(21)19-13-5-6-15(20)14(7-13)17(22)23/h1-7,20H,9-10H2,(H,19,21)(H,22,23). The molecule has 0 aliphatic rings. The van der Waals surface area contributed by atoms with Gasteiger partial charge in [-0.25, -0.2) is 4.79 Å². The summed E-state index contributed by atoms with van der Waals surface area (Å²) in [7, 11) is 0. The van der Waals surface area contributed by atoms with Gasteiger partial charge in [0, 0.05) is 11.4 Å². The van der Waals surface area contributed by atoms with Gasteiger partial charge < -0.3 is 15.5 Å². The molecule has 0 radical (unpaired) electrons. The first kappa shape index (κ1) is 17.4. The zero-order chi connectivity index (χ0) is 17.5. The molecule has 0 aliphatic carbocycles. The first-order valence-electron chi connectivity index (χ1n) is 6.92. The summed E-state index contributed by atoms with van der Waals surface area (Å²) >= 11 is 1.40. The van der Waals surface area contributed by atoms with Crippen molar-refractivity contribution >= 4 is 29.3 Å². The minimum absolute atomic E-state index is 0.198. The molecule has 0 atom stereocenters. The number of amides is 1. The maximum atomic E-state index is 11.9. The number of carbonyl (C=O) groups excluding carboxylic acids is 1. The number of thioether (sulfide) groups is 1. The van der Waals surface area contributed by atoms with Gasteiger partial charge in [0.15, 0.2) is 0 Å². The molecule has 24 heavy (non-hydrogen) atoms. The summed E-state index contributed by atoms with van der Waals surface area (Å²) in [4.78, 5) is 22.8. The number of carboxylic acids is 1. The number of rotatable bonds is 6. The van der Waals surface area contributed by atoms with Crippen molar-refractivity contribution < 1.29 is 19.8 Å². The number of carbonyl (C=O) groups is 2. The lowest BCUT2D eigenvalue weighted by atomic mass is 10.2. The van der Waals surface area contributed by atoms with E-state index in [9.17, 15) is 14.7 Å². The molecule has 0 aliphatic heterocycles. The summed E-state index contributed by atoms with van der Waals surface area (Å²) in [6.45, 7) is 0. The fraction of sp³-hybridized carbons (Fsp3) is 0.118. The third kappa shape index (κ3) is 4.76. The van der Waals surface area contributed by atoms with Gasteiger partial charge in [-0.2, -0.15) is 5.26 Å². The summed E-state index contributed by atoms with van der Waals surface area (Å²) in [6, 6.07) is 13.0. The molecular weight excluding hydrogens is 328 g/mol. The zero-order valence-electron chi connectivity index (χ0n) is 12.5. The number of benzene rings is 2. The van der Waals surface area contributed by atoms with Crippen LogP contribution in [0.2, 0.25) is 0 Å². The SMILES string of the molecule is N#Cc1ccc(CSCC(=O)Nc2ccc(O)c(C(=O)O)c2)cc1. The van der Waals surface area contributed by atoms with Crippen molar-refractivity contribution in [2.75, 3.05) is 11.1 Å². The zero-order valence-corrected chi connectivity index (χ0v) is 13.3. The fourth-order valence-electron chi connectivity index (χ4n) is 1.92. The fourth-order valence-corrected chi connectivity index (χ4v) is 2.71. The van der Waals surface area contributed by atoms with E-state index in [-0.39, 0.29) is 23.0 Å². The second-order valence-electron chi connectivity index (χ2n) is 4.89. The number of nitrogens with one attached hydrogen (secondary N) is 1. The molecule has 0 saturated heterocycles. The van der Waals surface area contributed by atoms with Crippen molar-refractivity contribution in [1.29, 1.82) is 5.26 Å². The molecule has 7 heteroatoms. The second-order valence-corrected chi connectivity index (χ2v) is 5.87. The lowest BCUT2D eigenvalue weighted by molar-refractivity contribution is -0.113. The molecule has 2 aromatic rings. The molecule has 2 rings (SSSR count). The quantitative estimate of drug-likeness (QED) is 0.696. The monoisotopic (exact) mass is 342 g/mol. The van der Waals surface area contributed by atoms with Gasteiger partial charge in [0.2, 0.25) is 5.91 Å². The molecule has 1 amide bonds. The number of aromatic hydroxyl groups is 1. The van der Waals surface area contributed by atoms with Gasteiger partial charge in [-0.05, 0) is 35.9 Å². The largest absolute Gasteiger partial charge is 0.507 e. The van der Waals surface area contributed by atoms with Crippen LogP contribution in [0.5, 0.6) is 5.75 Å². The Morgan fingerprint density at radius 2 is 1.88 bits per heavy atom. The van der Waals surface area contributed by atoms with Gasteiger partial charge in [0.05, 0.1) is 17.4 Å². The van der Waals surface area contributed by atoms with Crippen molar-refractivity contribution in [1.82, 2.24) is 0 Å². The van der Waals surface area contributed by atoms with Gasteiger partial charge in [-0.15, -0.1) is 11.8 Å². The van der Waals surface area contributed by atoms with E-state index in [0.717, 1.165) is 5.56 Å². The lowest BCUT2D eigenvalue weighted by Crippen LogP contribution is -2.14. The number of carboxylic acid groups (broad SMARTS) is 1. The Morgan fingerprint density at radius 3 is 2.50 bits per heavy atom. The van der Waals surface area contributed by atoms with E-state index in [2.05, 4.69) is 5.32 Å². The van der Waals surface area contributed by atoms with E-state index in [0.29, 0.717) is 17.0 Å². The van der Waals surface area contributed by atoms with E-state index in [1.807, 2.05) is 18.2 Å². The average molecular weight is 342 g/mol. The molecule has 0 fully saturated rings. The van der Waals surface area contributed by atoms with E-state index in [1.165, 1.54) is 30.0 Å². The first-order valence-corrected chi connectivity index (χ1v) is 8.08. The number of hydrogen-bond donors (Lipinski definition) is 3. The van der Waals surface area contributed by atoms with E-state index in [1.54, 1.807) is 12.1 Å². The van der Waals surface area contributed by atoms with Crippen LogP contribution in [0.4, 0.5) is 5.69 Å². The molecule has 0 saturated carbocycles. The van der Waals surface area contributed by atoms with Gasteiger partial charge >= 0.3 is 5.97 Å². The number of phenols is 1. The maximum absolute atomic E-state index is 11.9. The summed E-state index contributed by atoms with van der Waals surface area (Å²) < 4.78 is 0. The van der Waals surface area contributed by atoms with Crippen LogP contribution >= 0.6 is 11.8 Å². The molecule has 3 N–H and O–H groups in total. The average Bonchev–Trinajstić information content (AvgIpc) is 2.57. The van der Waals surface area contributed by atoms with Crippen LogP contribution in [-0.2, 0) is 10.5 Å². The Labute approximate surface area is 142 Å².